The number of aromatic hydroxyl groups is 1. The van der Waals surface area contributed by atoms with Gasteiger partial charge in [0.05, 0.1) is 6.61 Å². The molecule has 11 heteroatoms. The van der Waals surface area contributed by atoms with Crippen LogP contribution in [0.5, 0.6) is 5.75 Å². The zero-order valence-corrected chi connectivity index (χ0v) is 28.4. The van der Waals surface area contributed by atoms with E-state index in [1.165, 1.54) is 22.3 Å². The number of piperazine rings is 1. The molecule has 1 saturated heterocycles. The number of aromatic nitrogens is 1. The van der Waals surface area contributed by atoms with E-state index in [9.17, 15) is 19.1 Å². The number of benzene rings is 3. The SMILES string of the molecule is CC(C)(C)CCOCCN1CCN(c2ccc(-c3ccc4c(c3)C(=O)N(C(C(=O)Nc3nccs3)c3cc(F)ccc3O)C4)cc2)CC1. The van der Waals surface area contributed by atoms with Crippen LogP contribution in [0, 0.1) is 11.2 Å². The van der Waals surface area contributed by atoms with Crippen molar-refractivity contribution in [3.05, 3.63) is 94.7 Å². The molecule has 0 bridgehead atoms. The third kappa shape index (κ3) is 7.86. The molecule has 0 aliphatic carbocycles. The molecule has 2 aliphatic rings. The number of fused-ring (bicyclic) bond motifs is 1. The van der Waals surface area contributed by atoms with Gasteiger partial charge in [0.2, 0.25) is 0 Å². The molecule has 4 aromatic rings. The minimum atomic E-state index is -1.27. The number of hydrogen-bond donors (Lipinski definition) is 2. The summed E-state index contributed by atoms with van der Waals surface area (Å²) in [7, 11) is 0. The molecule has 2 aliphatic heterocycles. The molecule has 2 N–H and O–H groups in total. The first kappa shape index (κ1) is 33.6. The van der Waals surface area contributed by atoms with Gasteiger partial charge in [0.15, 0.2) is 5.13 Å². The Morgan fingerprint density at radius 2 is 1.77 bits per heavy atom. The Kier molecular flexibility index (Phi) is 10.1. The summed E-state index contributed by atoms with van der Waals surface area (Å²) >= 11 is 1.22. The fourth-order valence-electron chi connectivity index (χ4n) is 6.13. The molecule has 48 heavy (non-hydrogen) atoms. The van der Waals surface area contributed by atoms with Gasteiger partial charge in [-0.3, -0.25) is 19.8 Å². The van der Waals surface area contributed by atoms with Crippen LogP contribution in [-0.2, 0) is 16.1 Å². The molecule has 252 valence electrons. The summed E-state index contributed by atoms with van der Waals surface area (Å²) < 4.78 is 20.2. The first-order valence-electron chi connectivity index (χ1n) is 16.3. The summed E-state index contributed by atoms with van der Waals surface area (Å²) in [6.45, 7) is 13.2. The van der Waals surface area contributed by atoms with Gasteiger partial charge in [-0.2, -0.15) is 0 Å². The standard InChI is InChI=1S/C37H42FN5O4S/c1-37(2,3)12-19-47-20-18-41-14-16-42(17-15-41)29-9-6-25(7-10-29)26-4-5-27-24-43(35(46)30(27)22-26)33(31-23-28(38)8-11-32(31)44)34(45)40-36-39-13-21-48-36/h4-11,13,21-23,33,44H,12,14-20,24H2,1-3H3,(H,39,40,45). The lowest BCUT2D eigenvalue weighted by molar-refractivity contribution is -0.120. The highest BCUT2D eigenvalue weighted by Crippen LogP contribution is 2.38. The summed E-state index contributed by atoms with van der Waals surface area (Å²) in [5, 5.41) is 15.4. The van der Waals surface area contributed by atoms with Crippen LogP contribution < -0.4 is 10.2 Å². The van der Waals surface area contributed by atoms with Gasteiger partial charge in [-0.1, -0.05) is 45.0 Å². The van der Waals surface area contributed by atoms with Crippen molar-refractivity contribution < 1.29 is 23.8 Å². The van der Waals surface area contributed by atoms with Gasteiger partial charge in [-0.15, -0.1) is 11.3 Å². The minimum absolute atomic E-state index is 0.00582. The highest BCUT2D eigenvalue weighted by Gasteiger charge is 2.39. The molecule has 9 nitrogen and oxygen atoms in total. The Morgan fingerprint density at radius 1 is 1.02 bits per heavy atom. The largest absolute Gasteiger partial charge is 0.508 e. The second kappa shape index (κ2) is 14.4. The summed E-state index contributed by atoms with van der Waals surface area (Å²) in [4.78, 5) is 37.7. The third-order valence-corrected chi connectivity index (χ3v) is 9.62. The fourth-order valence-corrected chi connectivity index (χ4v) is 6.67. The van der Waals surface area contributed by atoms with Crippen molar-refractivity contribution >= 4 is 34.0 Å². The number of phenolic OH excluding ortho intramolecular Hbond substituents is 1. The number of phenols is 1. The molecule has 3 aromatic carbocycles. The molecule has 1 aromatic heterocycles. The molecule has 1 fully saturated rings. The van der Waals surface area contributed by atoms with Gasteiger partial charge in [-0.05, 0) is 64.9 Å². The van der Waals surface area contributed by atoms with Crippen molar-refractivity contribution in [2.75, 3.05) is 56.2 Å². The monoisotopic (exact) mass is 671 g/mol. The Balaban J connectivity index is 1.11. The summed E-state index contributed by atoms with van der Waals surface area (Å²) in [6, 6.07) is 16.2. The van der Waals surface area contributed by atoms with Crippen LogP contribution in [0.3, 0.4) is 0 Å². The number of nitrogens with zero attached hydrogens (tertiary/aromatic N) is 4. The number of ether oxygens (including phenoxy) is 1. The Morgan fingerprint density at radius 3 is 2.48 bits per heavy atom. The molecule has 1 atom stereocenters. The number of thiazole rings is 1. The maximum absolute atomic E-state index is 14.3. The molecule has 6 rings (SSSR count). The van der Waals surface area contributed by atoms with Crippen LogP contribution in [0.2, 0.25) is 0 Å². The van der Waals surface area contributed by atoms with Gasteiger partial charge in [-0.25, -0.2) is 9.37 Å². The predicted molar refractivity (Wildman–Crippen MR) is 187 cm³/mol. The average Bonchev–Trinajstić information content (AvgIpc) is 3.70. The van der Waals surface area contributed by atoms with E-state index in [1.807, 2.05) is 18.2 Å². The molecule has 1 unspecified atom stereocenters. The van der Waals surface area contributed by atoms with Crippen molar-refractivity contribution in [1.29, 1.82) is 0 Å². The van der Waals surface area contributed by atoms with Crippen LogP contribution in [0.4, 0.5) is 15.2 Å². The smallest absolute Gasteiger partial charge is 0.255 e. The van der Waals surface area contributed by atoms with Crippen molar-refractivity contribution in [2.24, 2.45) is 5.41 Å². The van der Waals surface area contributed by atoms with Crippen LogP contribution in [-0.4, -0.2) is 77.6 Å². The zero-order chi connectivity index (χ0) is 33.8. The number of carbonyl (C=O) groups is 2. The highest BCUT2D eigenvalue weighted by atomic mass is 32.1. The second-order valence-electron chi connectivity index (χ2n) is 13.5. The van der Waals surface area contributed by atoms with Gasteiger partial charge in [0.25, 0.3) is 11.8 Å². The lowest BCUT2D eigenvalue weighted by Gasteiger charge is -2.36. The van der Waals surface area contributed by atoms with Gasteiger partial charge in [0.1, 0.15) is 17.6 Å². The van der Waals surface area contributed by atoms with Gasteiger partial charge < -0.3 is 19.6 Å². The van der Waals surface area contributed by atoms with E-state index < -0.39 is 17.8 Å². The van der Waals surface area contributed by atoms with Crippen LogP contribution in [0.1, 0.15) is 54.7 Å². The average molecular weight is 672 g/mol. The van der Waals surface area contributed by atoms with E-state index in [4.69, 9.17) is 4.74 Å². The molecule has 0 saturated carbocycles. The predicted octanol–water partition coefficient (Wildman–Crippen LogP) is 6.57. The van der Waals surface area contributed by atoms with Crippen molar-refractivity contribution in [2.45, 2.75) is 39.8 Å². The second-order valence-corrected chi connectivity index (χ2v) is 14.4. The summed E-state index contributed by atoms with van der Waals surface area (Å²) in [5.74, 6) is -1.86. The van der Waals surface area contributed by atoms with Crippen LogP contribution in [0.25, 0.3) is 11.1 Å². The van der Waals surface area contributed by atoms with E-state index in [0.29, 0.717) is 16.1 Å². The first-order valence-corrected chi connectivity index (χ1v) is 17.2. The Labute approximate surface area is 285 Å². The maximum Gasteiger partial charge on any atom is 0.255 e. The summed E-state index contributed by atoms with van der Waals surface area (Å²) in [5.41, 5.74) is 4.53. The van der Waals surface area contributed by atoms with E-state index >= 15 is 0 Å². The molecular weight excluding hydrogens is 630 g/mol. The van der Waals surface area contributed by atoms with Crippen LogP contribution >= 0.6 is 11.3 Å². The lowest BCUT2D eigenvalue weighted by atomic mass is 9.93. The normalized spacial score (nSPS) is 15.9. The van der Waals surface area contributed by atoms with Crippen LogP contribution in [0.15, 0.2) is 72.2 Å². The number of amides is 2. The minimum Gasteiger partial charge on any atom is -0.508 e. The molecule has 2 amide bonds. The highest BCUT2D eigenvalue weighted by molar-refractivity contribution is 7.13. The zero-order valence-electron chi connectivity index (χ0n) is 27.6. The van der Waals surface area contributed by atoms with Crippen molar-refractivity contribution in [1.82, 2.24) is 14.8 Å². The van der Waals surface area contributed by atoms with Crippen molar-refractivity contribution in [3.63, 3.8) is 0 Å². The quantitative estimate of drug-likeness (QED) is 0.174. The van der Waals surface area contributed by atoms with E-state index in [1.54, 1.807) is 11.6 Å². The third-order valence-electron chi connectivity index (χ3n) is 8.93. The maximum atomic E-state index is 14.3. The number of carbonyl (C=O) groups excluding carboxylic acids is 2. The molecule has 0 radical (unpaired) electrons. The fraction of sp³-hybridized carbons (Fsp3) is 0.378. The Bertz CT molecular complexity index is 1730. The van der Waals surface area contributed by atoms with Gasteiger partial charge >= 0.3 is 0 Å². The molecule has 0 spiro atoms. The summed E-state index contributed by atoms with van der Waals surface area (Å²) in [6.07, 6.45) is 2.61. The number of rotatable bonds is 11. The van der Waals surface area contributed by atoms with Crippen molar-refractivity contribution in [3.8, 4) is 16.9 Å². The molecular formula is C37H42FN5O4S. The first-order chi connectivity index (χ1) is 23.1. The number of halogens is 1. The van der Waals surface area contributed by atoms with E-state index in [2.05, 4.69) is 65.1 Å². The van der Waals surface area contributed by atoms with E-state index in [0.717, 1.165) is 86.9 Å². The number of hydrogen-bond acceptors (Lipinski definition) is 8. The Hall–Kier alpha value is -4.32. The van der Waals surface area contributed by atoms with E-state index in [-0.39, 0.29) is 23.8 Å². The molecule has 3 heterocycles. The topological polar surface area (TPSA) is 98.2 Å². The number of anilines is 2. The van der Waals surface area contributed by atoms with Gasteiger partial charge in [0, 0.05) is 74.3 Å². The number of nitrogens with one attached hydrogen (secondary N) is 1. The lowest BCUT2D eigenvalue weighted by Crippen LogP contribution is -2.47.